The SMILES string of the molecule is C=C(C)C(=O)NCCO.C=C(C)C(=O)O.C=C(C)C(=O)OC(C)(C)C.C=C(C)C(=O)OCCO.C=C(C)C(=O)OCCOC(=O)CCC(=O)O.C=C(C)C(=O)OCCOC(=O)c1ccccc1C(=O)O. The first-order valence-electron chi connectivity index (χ1n) is 20.5. The average Bonchev–Trinajstić information content (AvgIpc) is 3.26. The third kappa shape index (κ3) is 46.8. The highest BCUT2D eigenvalue weighted by atomic mass is 16.6. The number of carboxylic acid groups (broad SMARTS) is 3. The maximum atomic E-state index is 11.7. The molecule has 0 aliphatic carbocycles. The molecule has 392 valence electrons. The third-order valence-electron chi connectivity index (χ3n) is 6.32. The highest BCUT2D eigenvalue weighted by Gasteiger charge is 2.18. The van der Waals surface area contributed by atoms with Gasteiger partial charge in [-0.3, -0.25) is 14.4 Å². The lowest BCUT2D eigenvalue weighted by molar-refractivity contribution is -0.151. The minimum absolute atomic E-state index is 0.0288. The smallest absolute Gasteiger partial charge is 0.339 e. The molecule has 22 nitrogen and oxygen atoms in total. The highest BCUT2D eigenvalue weighted by molar-refractivity contribution is 6.02. The number of hydrogen-bond donors (Lipinski definition) is 6. The van der Waals surface area contributed by atoms with Crippen LogP contribution in [-0.2, 0) is 66.8 Å². The molecule has 70 heavy (non-hydrogen) atoms. The number of esters is 6. The van der Waals surface area contributed by atoms with Crippen LogP contribution < -0.4 is 5.32 Å². The van der Waals surface area contributed by atoms with Crippen LogP contribution in [0.3, 0.4) is 0 Å². The molecule has 0 atom stereocenters. The van der Waals surface area contributed by atoms with E-state index in [0.29, 0.717) is 23.3 Å². The molecule has 0 saturated carbocycles. The van der Waals surface area contributed by atoms with Gasteiger partial charge in [-0.25, -0.2) is 33.6 Å². The molecule has 0 aliphatic heterocycles. The zero-order valence-corrected chi connectivity index (χ0v) is 41.4. The van der Waals surface area contributed by atoms with Gasteiger partial charge in [-0.1, -0.05) is 51.6 Å². The maximum absolute atomic E-state index is 11.7. The van der Waals surface area contributed by atoms with Gasteiger partial charge in [-0.15, -0.1) is 0 Å². The molecular formula is C48H69NO21. The van der Waals surface area contributed by atoms with E-state index in [2.05, 4.69) is 59.0 Å². The number of carboxylic acids is 3. The molecule has 0 bridgehead atoms. The van der Waals surface area contributed by atoms with Crippen molar-refractivity contribution in [2.45, 2.75) is 80.8 Å². The first-order chi connectivity index (χ1) is 32.2. The fraction of sp³-hybridized carbons (Fsp3) is 0.417. The standard InChI is InChI=1S/C14H14O6.C10H14O6.C8H14O2.C6H11NO2.C6H10O3.C4H6O2/c1-9(2)13(17)19-7-8-20-14(18)11-6-4-3-5-10(11)12(15)16;1-7(2)10(14)16-6-5-15-9(13)4-3-8(11)12;1-6(2)7(9)10-8(3,4)5;1-5(2)6(9)7-3-4-8;1-5(2)6(8)9-4-3-7;1-3(2)4(5)6/h3-6H,1,7-8H2,2H3,(H,15,16);1,3-6H2,2H3,(H,11,12);1H2,2-5H3;8H,1,3-4H2,2H3,(H,7,9);7H,1,3-4H2,2H3;1H2,2H3,(H,5,6). The number of carbonyl (C=O) groups excluding carboxylic acids is 7. The second-order valence-electron chi connectivity index (χ2n) is 14.7. The van der Waals surface area contributed by atoms with Crippen LogP contribution in [0.25, 0.3) is 0 Å². The van der Waals surface area contributed by atoms with E-state index >= 15 is 0 Å². The number of ether oxygens (including phenoxy) is 6. The van der Waals surface area contributed by atoms with Gasteiger partial charge < -0.3 is 59.3 Å². The molecule has 22 heteroatoms. The Kier molecular flexibility index (Phi) is 42.2. The van der Waals surface area contributed by atoms with Crippen LogP contribution >= 0.6 is 0 Å². The lowest BCUT2D eigenvalue weighted by Gasteiger charge is -2.19. The molecule has 1 rings (SSSR count). The number of nitrogens with one attached hydrogen (secondary N) is 1. The van der Waals surface area contributed by atoms with E-state index in [4.69, 9.17) is 39.7 Å². The topological polar surface area (TPSA) is 339 Å². The largest absolute Gasteiger partial charge is 0.481 e. The summed E-state index contributed by atoms with van der Waals surface area (Å²) in [7, 11) is 0. The first-order valence-corrected chi connectivity index (χ1v) is 20.5. The monoisotopic (exact) mass is 995 g/mol. The Labute approximate surface area is 407 Å². The summed E-state index contributed by atoms with van der Waals surface area (Å²) in [6, 6.07) is 5.70. The van der Waals surface area contributed by atoms with Gasteiger partial charge in [0.1, 0.15) is 38.6 Å². The number of rotatable bonds is 21. The van der Waals surface area contributed by atoms with Crippen LogP contribution in [0.5, 0.6) is 0 Å². The van der Waals surface area contributed by atoms with Crippen LogP contribution in [0.2, 0.25) is 0 Å². The van der Waals surface area contributed by atoms with E-state index < -0.39 is 53.4 Å². The molecule has 0 heterocycles. The van der Waals surface area contributed by atoms with Gasteiger partial charge in [0, 0.05) is 40.0 Å². The van der Waals surface area contributed by atoms with E-state index in [0.717, 1.165) is 0 Å². The molecule has 0 fully saturated rings. The number of aliphatic carboxylic acids is 2. The van der Waals surface area contributed by atoms with Gasteiger partial charge in [0.15, 0.2) is 0 Å². The second kappa shape index (κ2) is 41.5. The average molecular weight is 996 g/mol. The fourth-order valence-electron chi connectivity index (χ4n) is 2.96. The van der Waals surface area contributed by atoms with E-state index in [1.165, 1.54) is 45.0 Å². The lowest BCUT2D eigenvalue weighted by atomic mass is 10.1. The van der Waals surface area contributed by atoms with E-state index in [1.54, 1.807) is 20.8 Å². The van der Waals surface area contributed by atoms with Crippen molar-refractivity contribution in [2.75, 3.05) is 52.8 Å². The van der Waals surface area contributed by atoms with Crippen LogP contribution in [0, 0.1) is 0 Å². The second-order valence-corrected chi connectivity index (χ2v) is 14.7. The first kappa shape index (κ1) is 71.3. The Balaban J connectivity index is -0.000000253. The highest BCUT2D eigenvalue weighted by Crippen LogP contribution is 2.11. The van der Waals surface area contributed by atoms with Gasteiger partial charge in [-0.2, -0.15) is 0 Å². The molecule has 0 aliphatic rings. The number of hydrogen-bond acceptors (Lipinski definition) is 18. The Bertz CT molecular complexity index is 1950. The summed E-state index contributed by atoms with van der Waals surface area (Å²) in [4.78, 5) is 107. The molecule has 6 N–H and O–H groups in total. The zero-order valence-electron chi connectivity index (χ0n) is 41.4. The molecule has 0 radical (unpaired) electrons. The molecular weight excluding hydrogens is 927 g/mol. The zero-order chi connectivity index (χ0) is 55.7. The van der Waals surface area contributed by atoms with Crippen molar-refractivity contribution in [3.63, 3.8) is 0 Å². The number of amides is 1. The van der Waals surface area contributed by atoms with E-state index in [-0.39, 0.29) is 98.8 Å². The maximum Gasteiger partial charge on any atom is 0.339 e. The molecule has 1 aromatic carbocycles. The predicted octanol–water partition coefficient (Wildman–Crippen LogP) is 4.49. The van der Waals surface area contributed by atoms with Gasteiger partial charge in [0.05, 0.1) is 37.2 Å². The summed E-state index contributed by atoms with van der Waals surface area (Å²) < 4.78 is 28.3. The van der Waals surface area contributed by atoms with Crippen LogP contribution in [-0.4, -0.2) is 144 Å². The lowest BCUT2D eigenvalue weighted by Crippen LogP contribution is -2.26. The summed E-state index contributed by atoms with van der Waals surface area (Å²) in [5, 5.41) is 44.0. The van der Waals surface area contributed by atoms with Gasteiger partial charge in [-0.05, 0) is 74.4 Å². The van der Waals surface area contributed by atoms with Crippen molar-refractivity contribution in [2.24, 2.45) is 0 Å². The normalized spacial score (nSPS) is 9.30. The number of aromatic carboxylic acids is 1. The minimum Gasteiger partial charge on any atom is -0.481 e. The van der Waals surface area contributed by atoms with Gasteiger partial charge >= 0.3 is 53.7 Å². The van der Waals surface area contributed by atoms with Crippen molar-refractivity contribution in [1.29, 1.82) is 0 Å². The number of carbonyl (C=O) groups is 10. The molecule has 0 aromatic heterocycles. The Morgan fingerprint density at radius 2 is 0.900 bits per heavy atom. The minimum atomic E-state index is -1.22. The van der Waals surface area contributed by atoms with Crippen LogP contribution in [0.15, 0.2) is 97.2 Å². The molecule has 0 saturated heterocycles. The van der Waals surface area contributed by atoms with E-state index in [9.17, 15) is 47.9 Å². The van der Waals surface area contributed by atoms with Crippen molar-refractivity contribution in [3.05, 3.63) is 108 Å². The number of aliphatic hydroxyl groups is 2. The van der Waals surface area contributed by atoms with Crippen molar-refractivity contribution >= 4 is 59.6 Å². The third-order valence-corrected chi connectivity index (χ3v) is 6.32. The van der Waals surface area contributed by atoms with Gasteiger partial charge in [0.2, 0.25) is 5.91 Å². The summed E-state index contributed by atoms with van der Waals surface area (Å²) >= 11 is 0. The summed E-state index contributed by atoms with van der Waals surface area (Å²) in [5.74, 6) is -6.75. The fourth-order valence-corrected chi connectivity index (χ4v) is 2.96. The van der Waals surface area contributed by atoms with Gasteiger partial charge in [0.25, 0.3) is 0 Å². The molecule has 0 unspecified atom stereocenters. The van der Waals surface area contributed by atoms with Crippen LogP contribution in [0.1, 0.15) is 95.9 Å². The predicted molar refractivity (Wildman–Crippen MR) is 254 cm³/mol. The Morgan fingerprint density at radius 1 is 0.514 bits per heavy atom. The Hall–Kier alpha value is -7.72. The Morgan fingerprint density at radius 3 is 1.21 bits per heavy atom. The quantitative estimate of drug-likeness (QED) is 0.0427. The number of aliphatic hydroxyl groups excluding tert-OH is 2. The summed E-state index contributed by atoms with van der Waals surface area (Å²) in [6.07, 6.45) is -0.464. The number of benzene rings is 1. The molecule has 0 spiro atoms. The van der Waals surface area contributed by atoms with E-state index in [1.807, 2.05) is 20.8 Å². The van der Waals surface area contributed by atoms with Crippen LogP contribution in [0.4, 0.5) is 0 Å². The van der Waals surface area contributed by atoms with Crippen molar-refractivity contribution in [3.8, 4) is 0 Å². The molecule has 1 aromatic rings. The van der Waals surface area contributed by atoms with Crippen molar-refractivity contribution in [1.82, 2.24) is 5.32 Å². The summed E-state index contributed by atoms with van der Waals surface area (Å²) in [6.45, 7) is 34.6. The molecule has 1 amide bonds. The summed E-state index contributed by atoms with van der Waals surface area (Å²) in [5.41, 5.74) is 1.33. The van der Waals surface area contributed by atoms with Crippen molar-refractivity contribution < 1.29 is 102 Å².